The van der Waals surface area contributed by atoms with Crippen molar-refractivity contribution in [2.75, 3.05) is 52.4 Å². The van der Waals surface area contributed by atoms with Gasteiger partial charge in [0.05, 0.1) is 0 Å². The van der Waals surface area contributed by atoms with E-state index in [1.54, 1.807) is 0 Å². The third-order valence-electron chi connectivity index (χ3n) is 5.49. The van der Waals surface area contributed by atoms with Gasteiger partial charge in [-0.15, -0.1) is 0 Å². The predicted molar refractivity (Wildman–Crippen MR) is 103 cm³/mol. The van der Waals surface area contributed by atoms with Gasteiger partial charge in [-0.25, -0.2) is 0 Å². The molecule has 132 valence electrons. The maximum absolute atomic E-state index is 2.75. The van der Waals surface area contributed by atoms with Crippen LogP contribution in [0.15, 0.2) is 36.4 Å². The number of nitrogens with zero attached hydrogens (tertiary/aromatic N) is 3. The van der Waals surface area contributed by atoms with Crippen molar-refractivity contribution in [1.29, 1.82) is 0 Å². The van der Waals surface area contributed by atoms with Crippen molar-refractivity contribution >= 4 is 6.08 Å². The monoisotopic (exact) mass is 327 g/mol. The van der Waals surface area contributed by atoms with Crippen molar-refractivity contribution in [3.05, 3.63) is 42.0 Å². The smallest absolute Gasteiger partial charge is 0.0167 e. The Morgan fingerprint density at radius 3 is 2.29 bits per heavy atom. The first-order valence-corrected chi connectivity index (χ1v) is 9.75. The number of piperazine rings is 1. The highest BCUT2D eigenvalue weighted by Crippen LogP contribution is 2.18. The summed E-state index contributed by atoms with van der Waals surface area (Å²) in [7, 11) is 0. The number of hydrogen-bond donors (Lipinski definition) is 0. The fourth-order valence-electron chi connectivity index (χ4n) is 4.04. The van der Waals surface area contributed by atoms with Crippen molar-refractivity contribution in [3.63, 3.8) is 0 Å². The third kappa shape index (κ3) is 5.17. The summed E-state index contributed by atoms with van der Waals surface area (Å²) in [5, 5.41) is 0. The Hall–Kier alpha value is -1.16. The largest absolute Gasteiger partial charge is 0.303 e. The number of hydrogen-bond acceptors (Lipinski definition) is 3. The lowest BCUT2D eigenvalue weighted by Crippen LogP contribution is -2.53. The zero-order valence-electron chi connectivity index (χ0n) is 15.2. The first-order valence-electron chi connectivity index (χ1n) is 9.75. The molecule has 24 heavy (non-hydrogen) atoms. The van der Waals surface area contributed by atoms with E-state index in [0.717, 1.165) is 12.6 Å². The maximum Gasteiger partial charge on any atom is 0.0167 e. The topological polar surface area (TPSA) is 9.72 Å². The summed E-state index contributed by atoms with van der Waals surface area (Å²) in [6.45, 7) is 12.2. The van der Waals surface area contributed by atoms with Crippen molar-refractivity contribution in [2.24, 2.45) is 0 Å². The van der Waals surface area contributed by atoms with E-state index in [2.05, 4.69) is 64.1 Å². The molecular weight excluding hydrogens is 294 g/mol. The van der Waals surface area contributed by atoms with Gasteiger partial charge in [0.15, 0.2) is 0 Å². The van der Waals surface area contributed by atoms with Gasteiger partial charge in [-0.1, -0.05) is 49.4 Å². The average molecular weight is 328 g/mol. The molecule has 0 radical (unpaired) electrons. The Bertz CT molecular complexity index is 483. The molecule has 2 aliphatic rings. The molecule has 2 fully saturated rings. The van der Waals surface area contributed by atoms with Gasteiger partial charge in [-0.3, -0.25) is 9.80 Å². The van der Waals surface area contributed by atoms with Gasteiger partial charge in [0.2, 0.25) is 0 Å². The molecule has 2 saturated heterocycles. The molecule has 0 unspecified atom stereocenters. The second-order valence-electron chi connectivity index (χ2n) is 7.22. The number of rotatable bonds is 6. The third-order valence-corrected chi connectivity index (χ3v) is 5.49. The van der Waals surface area contributed by atoms with E-state index in [4.69, 9.17) is 0 Å². The normalized spacial score (nSPS) is 22.4. The van der Waals surface area contributed by atoms with Crippen molar-refractivity contribution in [3.8, 4) is 0 Å². The molecule has 0 amide bonds. The van der Waals surface area contributed by atoms with Gasteiger partial charge >= 0.3 is 0 Å². The van der Waals surface area contributed by atoms with E-state index >= 15 is 0 Å². The minimum atomic E-state index is 0.833. The van der Waals surface area contributed by atoms with Crippen LogP contribution in [0.25, 0.3) is 6.08 Å². The van der Waals surface area contributed by atoms with E-state index < -0.39 is 0 Å². The van der Waals surface area contributed by atoms with E-state index in [1.807, 2.05) is 0 Å². The quantitative estimate of drug-likeness (QED) is 0.794. The molecular formula is C21H33N3. The minimum absolute atomic E-state index is 0.833. The van der Waals surface area contributed by atoms with E-state index in [0.29, 0.717) is 0 Å². The Kier molecular flexibility index (Phi) is 6.88. The predicted octanol–water partition coefficient (Wildman–Crippen LogP) is 3.19. The number of benzene rings is 1. The highest BCUT2D eigenvalue weighted by Gasteiger charge is 2.26. The van der Waals surface area contributed by atoms with Gasteiger partial charge in [-0.2, -0.15) is 0 Å². The molecule has 0 bridgehead atoms. The van der Waals surface area contributed by atoms with E-state index in [-0.39, 0.29) is 0 Å². The highest BCUT2D eigenvalue weighted by molar-refractivity contribution is 5.48. The Morgan fingerprint density at radius 2 is 1.62 bits per heavy atom. The summed E-state index contributed by atoms with van der Waals surface area (Å²) < 4.78 is 0. The van der Waals surface area contributed by atoms with Gasteiger partial charge in [0, 0.05) is 38.8 Å². The Morgan fingerprint density at radius 1 is 0.917 bits per heavy atom. The summed E-state index contributed by atoms with van der Waals surface area (Å²) in [6.07, 6.45) is 8.59. The second kappa shape index (κ2) is 9.36. The summed E-state index contributed by atoms with van der Waals surface area (Å²) in [5.41, 5.74) is 1.30. The SMILES string of the molecule is CCCN1CCC(N2CCN(C/C=C\c3ccccc3)CC2)CC1. The van der Waals surface area contributed by atoms with Gasteiger partial charge in [0.1, 0.15) is 0 Å². The lowest BCUT2D eigenvalue weighted by Gasteiger charge is -2.42. The van der Waals surface area contributed by atoms with Gasteiger partial charge in [0.25, 0.3) is 0 Å². The molecule has 0 spiro atoms. The molecule has 0 aliphatic carbocycles. The van der Waals surface area contributed by atoms with Crippen LogP contribution in [0.3, 0.4) is 0 Å². The van der Waals surface area contributed by atoms with E-state index in [1.165, 1.54) is 70.6 Å². The molecule has 1 aromatic rings. The summed E-state index contributed by atoms with van der Waals surface area (Å²) in [4.78, 5) is 7.98. The second-order valence-corrected chi connectivity index (χ2v) is 7.22. The van der Waals surface area contributed by atoms with Crippen LogP contribution < -0.4 is 0 Å². The molecule has 1 aromatic carbocycles. The molecule has 0 saturated carbocycles. The number of piperidine rings is 1. The lowest BCUT2D eigenvalue weighted by atomic mass is 10.0. The molecule has 0 N–H and O–H groups in total. The molecule has 2 heterocycles. The standard InChI is InChI=1S/C21H33N3/c1-2-12-22-14-10-21(11-15-22)24-18-16-23(17-19-24)13-6-9-20-7-4-3-5-8-20/h3-9,21H,2,10-19H2,1H3/b9-6-. The van der Waals surface area contributed by atoms with Crippen LogP contribution in [-0.2, 0) is 0 Å². The fraction of sp³-hybridized carbons (Fsp3) is 0.619. The van der Waals surface area contributed by atoms with Crippen molar-refractivity contribution < 1.29 is 0 Å². The Balaban J connectivity index is 1.36. The minimum Gasteiger partial charge on any atom is -0.303 e. The van der Waals surface area contributed by atoms with Crippen molar-refractivity contribution in [1.82, 2.24) is 14.7 Å². The molecule has 3 nitrogen and oxygen atoms in total. The lowest BCUT2D eigenvalue weighted by molar-refractivity contribution is 0.0633. The number of likely N-dealkylation sites (tertiary alicyclic amines) is 1. The molecule has 0 aromatic heterocycles. The Labute approximate surface area is 147 Å². The van der Waals surface area contributed by atoms with Crippen LogP contribution in [0.1, 0.15) is 31.7 Å². The van der Waals surface area contributed by atoms with Crippen LogP contribution in [0.4, 0.5) is 0 Å². The van der Waals surface area contributed by atoms with Crippen molar-refractivity contribution in [2.45, 2.75) is 32.2 Å². The highest BCUT2D eigenvalue weighted by atomic mass is 15.3. The average Bonchev–Trinajstić information content (AvgIpc) is 2.64. The fourth-order valence-corrected chi connectivity index (χ4v) is 4.04. The van der Waals surface area contributed by atoms with Crippen LogP contribution in [0.2, 0.25) is 0 Å². The van der Waals surface area contributed by atoms with Crippen LogP contribution in [0, 0.1) is 0 Å². The van der Waals surface area contributed by atoms with Gasteiger partial charge in [-0.05, 0) is 44.5 Å². The van der Waals surface area contributed by atoms with Gasteiger partial charge < -0.3 is 4.90 Å². The van der Waals surface area contributed by atoms with E-state index in [9.17, 15) is 0 Å². The summed E-state index contributed by atoms with van der Waals surface area (Å²) in [5.74, 6) is 0. The van der Waals surface area contributed by atoms with Crippen LogP contribution in [-0.4, -0.2) is 73.1 Å². The van der Waals surface area contributed by atoms with Crippen LogP contribution in [0.5, 0.6) is 0 Å². The molecule has 3 rings (SSSR count). The summed E-state index contributed by atoms with van der Waals surface area (Å²) >= 11 is 0. The molecule has 2 aliphatic heterocycles. The summed E-state index contributed by atoms with van der Waals surface area (Å²) in [6, 6.07) is 11.4. The maximum atomic E-state index is 2.75. The van der Waals surface area contributed by atoms with Crippen LogP contribution >= 0.6 is 0 Å². The molecule has 3 heteroatoms. The zero-order chi connectivity index (χ0) is 16.6. The molecule has 0 atom stereocenters. The first-order chi connectivity index (χ1) is 11.8. The first kappa shape index (κ1) is 17.7. The zero-order valence-corrected chi connectivity index (χ0v) is 15.2.